The molecule has 0 bridgehead atoms. The summed E-state index contributed by atoms with van der Waals surface area (Å²) in [5, 5.41) is 10.0. The second kappa shape index (κ2) is 6.97. The van der Waals surface area contributed by atoms with Crippen LogP contribution in [0.4, 0.5) is 0 Å². The highest BCUT2D eigenvalue weighted by Crippen LogP contribution is 2.20. The smallest absolute Gasteiger partial charge is 0.359 e. The Bertz CT molecular complexity index is 465. The number of carbonyl (C=O) groups excluding carboxylic acids is 1. The maximum atomic E-state index is 12.4. The van der Waals surface area contributed by atoms with E-state index in [9.17, 15) is 14.7 Å². The SMILES string of the molecule is CCON(C(=O)c1ccccn1)C(C)(OCC)C(=O)O. The third-order valence-electron chi connectivity index (χ3n) is 2.54. The first-order chi connectivity index (χ1) is 9.47. The van der Waals surface area contributed by atoms with Gasteiger partial charge in [-0.2, -0.15) is 5.06 Å². The van der Waals surface area contributed by atoms with Gasteiger partial charge in [0.2, 0.25) is 0 Å². The van der Waals surface area contributed by atoms with E-state index in [1.54, 1.807) is 26.0 Å². The summed E-state index contributed by atoms with van der Waals surface area (Å²) in [4.78, 5) is 32.9. The summed E-state index contributed by atoms with van der Waals surface area (Å²) in [7, 11) is 0. The molecule has 0 saturated carbocycles. The van der Waals surface area contributed by atoms with Gasteiger partial charge in [-0.3, -0.25) is 14.6 Å². The lowest BCUT2D eigenvalue weighted by atomic mass is 10.2. The van der Waals surface area contributed by atoms with Crippen LogP contribution >= 0.6 is 0 Å². The molecule has 1 aromatic heterocycles. The van der Waals surface area contributed by atoms with Gasteiger partial charge in [-0.05, 0) is 32.9 Å². The molecule has 0 aromatic carbocycles. The molecule has 1 heterocycles. The maximum absolute atomic E-state index is 12.4. The largest absolute Gasteiger partial charge is 0.478 e. The summed E-state index contributed by atoms with van der Waals surface area (Å²) in [5.41, 5.74) is -1.84. The molecule has 7 heteroatoms. The van der Waals surface area contributed by atoms with E-state index in [1.807, 2.05) is 0 Å². The molecule has 1 aromatic rings. The van der Waals surface area contributed by atoms with Crippen LogP contribution in [-0.2, 0) is 14.4 Å². The molecule has 0 aliphatic carbocycles. The molecule has 1 atom stereocenters. The van der Waals surface area contributed by atoms with E-state index in [4.69, 9.17) is 9.57 Å². The van der Waals surface area contributed by atoms with Crippen LogP contribution in [0.1, 0.15) is 31.3 Å². The van der Waals surface area contributed by atoms with Gasteiger partial charge in [-0.1, -0.05) is 6.07 Å². The Labute approximate surface area is 117 Å². The average molecular weight is 282 g/mol. The van der Waals surface area contributed by atoms with E-state index in [-0.39, 0.29) is 18.9 Å². The summed E-state index contributed by atoms with van der Waals surface area (Å²) >= 11 is 0. The van der Waals surface area contributed by atoms with Crippen molar-refractivity contribution in [2.24, 2.45) is 0 Å². The number of ether oxygens (including phenoxy) is 1. The highest BCUT2D eigenvalue weighted by molar-refractivity contribution is 5.94. The fourth-order valence-electron chi connectivity index (χ4n) is 1.59. The molecule has 7 nitrogen and oxygen atoms in total. The molecule has 0 spiro atoms. The Morgan fingerprint density at radius 1 is 1.35 bits per heavy atom. The molecule has 0 radical (unpaired) electrons. The first-order valence-corrected chi connectivity index (χ1v) is 6.23. The fourth-order valence-corrected chi connectivity index (χ4v) is 1.59. The zero-order chi connectivity index (χ0) is 15.2. The maximum Gasteiger partial charge on any atom is 0.359 e. The van der Waals surface area contributed by atoms with Crippen LogP contribution in [0.25, 0.3) is 0 Å². The number of aromatic nitrogens is 1. The Kier molecular flexibility index (Phi) is 5.60. The van der Waals surface area contributed by atoms with Crippen molar-refractivity contribution < 1.29 is 24.3 Å². The van der Waals surface area contributed by atoms with Crippen LogP contribution in [0.3, 0.4) is 0 Å². The Morgan fingerprint density at radius 2 is 2.05 bits per heavy atom. The first kappa shape index (κ1) is 16.1. The van der Waals surface area contributed by atoms with Crippen molar-refractivity contribution in [2.75, 3.05) is 13.2 Å². The predicted octanol–water partition coefficient (Wildman–Crippen LogP) is 1.31. The lowest BCUT2D eigenvalue weighted by Gasteiger charge is -2.35. The van der Waals surface area contributed by atoms with Gasteiger partial charge in [0.05, 0.1) is 6.61 Å². The zero-order valence-corrected chi connectivity index (χ0v) is 11.7. The first-order valence-electron chi connectivity index (χ1n) is 6.23. The number of hydrogen-bond donors (Lipinski definition) is 1. The lowest BCUT2D eigenvalue weighted by Crippen LogP contribution is -2.57. The van der Waals surface area contributed by atoms with Crippen molar-refractivity contribution >= 4 is 11.9 Å². The Hall–Kier alpha value is -1.99. The minimum atomic E-state index is -1.92. The molecule has 110 valence electrons. The second-order valence-electron chi connectivity index (χ2n) is 3.95. The van der Waals surface area contributed by atoms with Crippen LogP contribution < -0.4 is 0 Å². The summed E-state index contributed by atoms with van der Waals surface area (Å²) in [6.07, 6.45) is 1.44. The molecule has 0 fully saturated rings. The number of carboxylic acid groups (broad SMARTS) is 1. The van der Waals surface area contributed by atoms with Crippen LogP contribution in [0, 0.1) is 0 Å². The molecule has 1 rings (SSSR count). The van der Waals surface area contributed by atoms with Crippen LogP contribution in [-0.4, -0.2) is 46.0 Å². The molecule has 0 saturated heterocycles. The van der Waals surface area contributed by atoms with Crippen LogP contribution in [0.5, 0.6) is 0 Å². The number of amides is 1. The second-order valence-corrected chi connectivity index (χ2v) is 3.95. The van der Waals surface area contributed by atoms with Gasteiger partial charge in [0.25, 0.3) is 11.6 Å². The number of rotatable bonds is 7. The number of pyridine rings is 1. The molecule has 0 aliphatic heterocycles. The van der Waals surface area contributed by atoms with E-state index in [0.717, 1.165) is 0 Å². The van der Waals surface area contributed by atoms with Gasteiger partial charge in [-0.25, -0.2) is 4.79 Å². The Balaban J connectivity index is 3.15. The van der Waals surface area contributed by atoms with E-state index >= 15 is 0 Å². The number of carbonyl (C=O) groups is 2. The van der Waals surface area contributed by atoms with Crippen molar-refractivity contribution in [2.45, 2.75) is 26.5 Å². The minimum Gasteiger partial charge on any atom is -0.478 e. The van der Waals surface area contributed by atoms with Crippen molar-refractivity contribution in [3.05, 3.63) is 30.1 Å². The molecular weight excluding hydrogens is 264 g/mol. The van der Waals surface area contributed by atoms with Gasteiger partial charge in [-0.15, -0.1) is 0 Å². The lowest BCUT2D eigenvalue weighted by molar-refractivity contribution is -0.266. The topological polar surface area (TPSA) is 89.0 Å². The third kappa shape index (κ3) is 3.31. The van der Waals surface area contributed by atoms with Gasteiger partial charge >= 0.3 is 5.97 Å². The number of hydrogen-bond acceptors (Lipinski definition) is 5. The normalized spacial score (nSPS) is 13.6. The molecule has 1 unspecified atom stereocenters. The zero-order valence-electron chi connectivity index (χ0n) is 11.7. The van der Waals surface area contributed by atoms with Crippen molar-refractivity contribution in [3.63, 3.8) is 0 Å². The van der Waals surface area contributed by atoms with Crippen molar-refractivity contribution in [1.82, 2.24) is 10.0 Å². The summed E-state index contributed by atoms with van der Waals surface area (Å²) in [5.74, 6) is -2.00. The third-order valence-corrected chi connectivity index (χ3v) is 2.54. The average Bonchev–Trinajstić information content (AvgIpc) is 2.45. The quantitative estimate of drug-likeness (QED) is 0.599. The molecule has 1 N–H and O–H groups in total. The standard InChI is InChI=1S/C13H18N2O5/c1-4-19-13(3,12(17)18)15(20-5-2)11(16)10-8-6-7-9-14-10/h6-9H,4-5H2,1-3H3,(H,17,18). The number of aliphatic carboxylic acids is 1. The van der Waals surface area contributed by atoms with Gasteiger partial charge in [0.15, 0.2) is 0 Å². The molecule has 1 amide bonds. The fraction of sp³-hybridized carbons (Fsp3) is 0.462. The Morgan fingerprint density at radius 3 is 2.50 bits per heavy atom. The van der Waals surface area contributed by atoms with Gasteiger partial charge in [0.1, 0.15) is 5.69 Å². The van der Waals surface area contributed by atoms with Crippen LogP contribution in [0.15, 0.2) is 24.4 Å². The summed E-state index contributed by atoms with van der Waals surface area (Å²) in [6, 6.07) is 4.76. The highest BCUT2D eigenvalue weighted by Gasteiger charge is 2.45. The van der Waals surface area contributed by atoms with E-state index in [0.29, 0.717) is 5.06 Å². The minimum absolute atomic E-state index is 0.0770. The molecular formula is C13H18N2O5. The van der Waals surface area contributed by atoms with E-state index in [1.165, 1.54) is 19.2 Å². The van der Waals surface area contributed by atoms with Gasteiger partial charge < -0.3 is 9.84 Å². The van der Waals surface area contributed by atoms with Gasteiger partial charge in [0, 0.05) is 12.8 Å². The predicted molar refractivity (Wildman–Crippen MR) is 69.7 cm³/mol. The van der Waals surface area contributed by atoms with E-state index in [2.05, 4.69) is 4.98 Å². The van der Waals surface area contributed by atoms with Crippen molar-refractivity contribution in [1.29, 1.82) is 0 Å². The number of nitrogens with zero attached hydrogens (tertiary/aromatic N) is 2. The summed E-state index contributed by atoms with van der Waals surface area (Å²) < 4.78 is 5.20. The summed E-state index contributed by atoms with van der Waals surface area (Å²) in [6.45, 7) is 4.77. The molecule has 0 aliphatic rings. The molecule has 20 heavy (non-hydrogen) atoms. The highest BCUT2D eigenvalue weighted by atomic mass is 16.7. The van der Waals surface area contributed by atoms with E-state index < -0.39 is 17.6 Å². The number of carboxylic acids is 1. The van der Waals surface area contributed by atoms with Crippen LogP contribution in [0.2, 0.25) is 0 Å². The number of hydroxylamine groups is 2. The van der Waals surface area contributed by atoms with Crippen molar-refractivity contribution in [3.8, 4) is 0 Å². The monoisotopic (exact) mass is 282 g/mol.